The van der Waals surface area contributed by atoms with E-state index in [9.17, 15) is 9.59 Å². The number of Topliss-reactive ketones (excluding diaryl/α,β-unsaturated/α-hetero) is 1. The van der Waals surface area contributed by atoms with Gasteiger partial charge in [0.15, 0.2) is 5.78 Å². The molecule has 0 aliphatic heterocycles. The van der Waals surface area contributed by atoms with Crippen molar-refractivity contribution in [3.05, 3.63) is 29.8 Å². The lowest BCUT2D eigenvalue weighted by Crippen LogP contribution is -2.25. The minimum atomic E-state index is -0.897. The molecular formula is C11H13NO3. The Hall–Kier alpha value is -1.84. The van der Waals surface area contributed by atoms with Gasteiger partial charge in [0.1, 0.15) is 6.54 Å². The number of hydrogen-bond acceptors (Lipinski definition) is 3. The molecule has 0 amide bonds. The third kappa shape index (κ3) is 3.09. The first kappa shape index (κ1) is 11.2. The quantitative estimate of drug-likeness (QED) is 0.758. The molecule has 0 bridgehead atoms. The van der Waals surface area contributed by atoms with Crippen molar-refractivity contribution in [3.8, 4) is 0 Å². The Morgan fingerprint density at radius 1 is 1.40 bits per heavy atom. The molecule has 1 rings (SSSR count). The summed E-state index contributed by atoms with van der Waals surface area (Å²) in [6, 6.07) is 6.91. The van der Waals surface area contributed by atoms with Gasteiger partial charge in [-0.3, -0.25) is 9.59 Å². The predicted molar refractivity (Wildman–Crippen MR) is 57.4 cm³/mol. The van der Waals surface area contributed by atoms with E-state index < -0.39 is 5.97 Å². The van der Waals surface area contributed by atoms with E-state index >= 15 is 0 Å². The highest BCUT2D eigenvalue weighted by molar-refractivity contribution is 5.95. The topological polar surface area (TPSA) is 57.6 Å². The van der Waals surface area contributed by atoms with Crippen molar-refractivity contribution < 1.29 is 14.7 Å². The third-order valence-corrected chi connectivity index (χ3v) is 2.07. The molecule has 1 N–H and O–H groups in total. The monoisotopic (exact) mass is 207 g/mol. The van der Waals surface area contributed by atoms with Crippen LogP contribution >= 0.6 is 0 Å². The molecule has 15 heavy (non-hydrogen) atoms. The van der Waals surface area contributed by atoms with Crippen LogP contribution in [0.15, 0.2) is 24.3 Å². The molecule has 0 saturated carbocycles. The van der Waals surface area contributed by atoms with Crippen molar-refractivity contribution in [1.29, 1.82) is 0 Å². The molecule has 0 fully saturated rings. The maximum Gasteiger partial charge on any atom is 0.323 e. The number of anilines is 1. The number of likely N-dealkylation sites (N-methyl/N-ethyl adjacent to an activating group) is 1. The maximum absolute atomic E-state index is 11.1. The zero-order valence-electron chi connectivity index (χ0n) is 8.73. The van der Waals surface area contributed by atoms with Crippen LogP contribution in [0.5, 0.6) is 0 Å². The first-order valence-corrected chi connectivity index (χ1v) is 4.54. The van der Waals surface area contributed by atoms with Crippen LogP contribution in [-0.2, 0) is 4.79 Å². The number of carbonyl (C=O) groups excluding carboxylic acids is 1. The molecule has 0 atom stereocenters. The van der Waals surface area contributed by atoms with Crippen molar-refractivity contribution in [2.45, 2.75) is 6.92 Å². The fourth-order valence-corrected chi connectivity index (χ4v) is 1.26. The summed E-state index contributed by atoms with van der Waals surface area (Å²) >= 11 is 0. The summed E-state index contributed by atoms with van der Waals surface area (Å²) < 4.78 is 0. The van der Waals surface area contributed by atoms with Gasteiger partial charge in [0.2, 0.25) is 0 Å². The largest absolute Gasteiger partial charge is 0.480 e. The molecule has 0 unspecified atom stereocenters. The average molecular weight is 207 g/mol. The Morgan fingerprint density at radius 3 is 2.60 bits per heavy atom. The van der Waals surface area contributed by atoms with Gasteiger partial charge in [0.25, 0.3) is 0 Å². The van der Waals surface area contributed by atoms with Gasteiger partial charge in [-0.25, -0.2) is 0 Å². The summed E-state index contributed by atoms with van der Waals surface area (Å²) in [5, 5.41) is 8.62. The van der Waals surface area contributed by atoms with Gasteiger partial charge >= 0.3 is 5.97 Å². The number of ketones is 1. The number of benzene rings is 1. The number of rotatable bonds is 4. The van der Waals surface area contributed by atoms with Gasteiger partial charge in [0, 0.05) is 18.3 Å². The highest BCUT2D eigenvalue weighted by atomic mass is 16.4. The van der Waals surface area contributed by atoms with Gasteiger partial charge in [-0.15, -0.1) is 0 Å². The minimum Gasteiger partial charge on any atom is -0.480 e. The zero-order valence-corrected chi connectivity index (χ0v) is 8.73. The molecule has 0 aliphatic carbocycles. The Bertz CT molecular complexity index is 387. The van der Waals surface area contributed by atoms with E-state index in [0.717, 1.165) is 5.69 Å². The van der Waals surface area contributed by atoms with E-state index in [4.69, 9.17) is 5.11 Å². The SMILES string of the molecule is CC(=O)c1cccc(N(C)CC(=O)O)c1. The van der Waals surface area contributed by atoms with Gasteiger partial charge in [-0.1, -0.05) is 12.1 Å². The third-order valence-electron chi connectivity index (χ3n) is 2.07. The summed E-state index contributed by atoms with van der Waals surface area (Å²) in [5.74, 6) is -0.925. The van der Waals surface area contributed by atoms with Crippen molar-refractivity contribution in [2.75, 3.05) is 18.5 Å². The molecule has 0 aliphatic rings. The van der Waals surface area contributed by atoms with Crippen molar-refractivity contribution in [3.63, 3.8) is 0 Å². The molecule has 1 aromatic carbocycles. The molecule has 0 aromatic heterocycles. The highest BCUT2D eigenvalue weighted by Gasteiger charge is 2.07. The van der Waals surface area contributed by atoms with Crippen LogP contribution in [0.1, 0.15) is 17.3 Å². The molecule has 4 heteroatoms. The second-order valence-electron chi connectivity index (χ2n) is 3.36. The van der Waals surface area contributed by atoms with Gasteiger partial charge in [-0.2, -0.15) is 0 Å². The second-order valence-corrected chi connectivity index (χ2v) is 3.36. The van der Waals surface area contributed by atoms with Gasteiger partial charge < -0.3 is 10.0 Å². The van der Waals surface area contributed by atoms with Crippen molar-refractivity contribution in [1.82, 2.24) is 0 Å². The molecular weight excluding hydrogens is 194 g/mol. The van der Waals surface area contributed by atoms with Crippen LogP contribution in [-0.4, -0.2) is 30.5 Å². The summed E-state index contributed by atoms with van der Waals surface area (Å²) in [5.41, 5.74) is 1.31. The van der Waals surface area contributed by atoms with E-state index in [1.807, 2.05) is 0 Å². The lowest BCUT2D eigenvalue weighted by atomic mass is 10.1. The Balaban J connectivity index is 2.89. The smallest absolute Gasteiger partial charge is 0.323 e. The van der Waals surface area contributed by atoms with Crippen LogP contribution in [0, 0.1) is 0 Å². The summed E-state index contributed by atoms with van der Waals surface area (Å²) in [4.78, 5) is 23.2. The first-order valence-electron chi connectivity index (χ1n) is 4.54. The standard InChI is InChI=1S/C11H13NO3/c1-8(13)9-4-3-5-10(6-9)12(2)7-11(14)15/h3-6H,7H2,1-2H3,(H,14,15). The Labute approximate surface area is 88.1 Å². The lowest BCUT2D eigenvalue weighted by molar-refractivity contribution is -0.135. The maximum atomic E-state index is 11.1. The lowest BCUT2D eigenvalue weighted by Gasteiger charge is -2.16. The van der Waals surface area contributed by atoms with E-state index in [1.54, 1.807) is 36.2 Å². The predicted octanol–water partition coefficient (Wildman–Crippen LogP) is 1.41. The number of aliphatic carboxylic acids is 1. The van der Waals surface area contributed by atoms with Crippen LogP contribution in [0.2, 0.25) is 0 Å². The van der Waals surface area contributed by atoms with E-state index in [1.165, 1.54) is 6.92 Å². The molecule has 1 aromatic rings. The first-order chi connectivity index (χ1) is 7.00. The molecule has 0 spiro atoms. The molecule has 0 heterocycles. The van der Waals surface area contributed by atoms with Crippen molar-refractivity contribution in [2.24, 2.45) is 0 Å². The van der Waals surface area contributed by atoms with Gasteiger partial charge in [0.05, 0.1) is 0 Å². The summed E-state index contributed by atoms with van der Waals surface area (Å²) in [6.07, 6.45) is 0. The second kappa shape index (κ2) is 4.59. The van der Waals surface area contributed by atoms with Crippen LogP contribution < -0.4 is 4.90 Å². The fraction of sp³-hybridized carbons (Fsp3) is 0.273. The number of nitrogens with zero attached hydrogens (tertiary/aromatic N) is 1. The van der Waals surface area contributed by atoms with E-state index in [0.29, 0.717) is 5.56 Å². The summed E-state index contributed by atoms with van der Waals surface area (Å²) in [6.45, 7) is 1.40. The van der Waals surface area contributed by atoms with Gasteiger partial charge in [-0.05, 0) is 19.1 Å². The molecule has 0 radical (unpaired) electrons. The molecule has 80 valence electrons. The highest BCUT2D eigenvalue weighted by Crippen LogP contribution is 2.14. The van der Waals surface area contributed by atoms with Crippen LogP contribution in [0.3, 0.4) is 0 Å². The normalized spacial score (nSPS) is 9.73. The Morgan fingerprint density at radius 2 is 2.07 bits per heavy atom. The van der Waals surface area contributed by atoms with E-state index in [2.05, 4.69) is 0 Å². The molecule has 4 nitrogen and oxygen atoms in total. The van der Waals surface area contributed by atoms with Crippen LogP contribution in [0.4, 0.5) is 5.69 Å². The summed E-state index contributed by atoms with van der Waals surface area (Å²) in [7, 11) is 1.67. The molecule has 0 saturated heterocycles. The number of hydrogen-bond donors (Lipinski definition) is 1. The average Bonchev–Trinajstić information content (AvgIpc) is 2.17. The number of carboxylic acid groups (broad SMARTS) is 1. The van der Waals surface area contributed by atoms with E-state index in [-0.39, 0.29) is 12.3 Å². The fourth-order valence-electron chi connectivity index (χ4n) is 1.26. The van der Waals surface area contributed by atoms with Crippen LogP contribution in [0.25, 0.3) is 0 Å². The Kier molecular flexibility index (Phi) is 3.44. The zero-order chi connectivity index (χ0) is 11.4. The number of carboxylic acids is 1. The minimum absolute atomic E-state index is 0.0272. The van der Waals surface area contributed by atoms with Crippen molar-refractivity contribution >= 4 is 17.4 Å². The number of carbonyl (C=O) groups is 2.